The summed E-state index contributed by atoms with van der Waals surface area (Å²) in [5.74, 6) is 0. The van der Waals surface area contributed by atoms with Crippen LogP contribution in [0.3, 0.4) is 0 Å². The minimum atomic E-state index is -0.873. The van der Waals surface area contributed by atoms with Gasteiger partial charge in [0.1, 0.15) is 0 Å². The lowest BCUT2D eigenvalue weighted by atomic mass is 9.89. The van der Waals surface area contributed by atoms with Crippen molar-refractivity contribution in [3.05, 3.63) is 47.5 Å². The van der Waals surface area contributed by atoms with Gasteiger partial charge in [0.05, 0.1) is 5.60 Å². The average molecular weight is 244 g/mol. The standard InChI is InChI=1S/C16H20O2/c1-12-4-5-14-11-15(7-6-13(14)10-12)16(2,18)8-3-9-17/h4-7,10-11,17-18H,3,8-9H2,1-2H3. The van der Waals surface area contributed by atoms with Crippen LogP contribution in [-0.4, -0.2) is 16.8 Å². The van der Waals surface area contributed by atoms with Gasteiger partial charge in [-0.15, -0.1) is 0 Å². The number of aryl methyl sites for hydroxylation is 1. The van der Waals surface area contributed by atoms with E-state index in [1.165, 1.54) is 10.9 Å². The van der Waals surface area contributed by atoms with Crippen LogP contribution < -0.4 is 0 Å². The molecule has 0 radical (unpaired) electrons. The van der Waals surface area contributed by atoms with Crippen LogP contribution in [0.5, 0.6) is 0 Å². The Morgan fingerprint density at radius 2 is 1.72 bits per heavy atom. The van der Waals surface area contributed by atoms with Crippen molar-refractivity contribution < 1.29 is 10.2 Å². The summed E-state index contributed by atoms with van der Waals surface area (Å²) in [5.41, 5.74) is 1.27. The molecule has 0 amide bonds. The Bertz CT molecular complexity index is 544. The molecule has 0 aliphatic heterocycles. The number of benzene rings is 2. The Morgan fingerprint density at radius 1 is 1.06 bits per heavy atom. The maximum Gasteiger partial charge on any atom is 0.0869 e. The summed E-state index contributed by atoms with van der Waals surface area (Å²) < 4.78 is 0. The average Bonchev–Trinajstić information content (AvgIpc) is 2.35. The summed E-state index contributed by atoms with van der Waals surface area (Å²) in [4.78, 5) is 0. The van der Waals surface area contributed by atoms with Crippen molar-refractivity contribution in [2.45, 2.75) is 32.3 Å². The van der Waals surface area contributed by atoms with Gasteiger partial charge in [-0.2, -0.15) is 0 Å². The molecular weight excluding hydrogens is 224 g/mol. The van der Waals surface area contributed by atoms with E-state index in [2.05, 4.69) is 25.1 Å². The maximum absolute atomic E-state index is 10.4. The van der Waals surface area contributed by atoms with Crippen LogP contribution >= 0.6 is 0 Å². The lowest BCUT2D eigenvalue weighted by molar-refractivity contribution is 0.0405. The molecule has 1 atom stereocenters. The van der Waals surface area contributed by atoms with Crippen LogP contribution in [0.15, 0.2) is 36.4 Å². The normalized spacial score (nSPS) is 14.7. The van der Waals surface area contributed by atoms with Crippen LogP contribution in [0, 0.1) is 6.92 Å². The van der Waals surface area contributed by atoms with Crippen LogP contribution in [0.25, 0.3) is 10.8 Å². The number of rotatable bonds is 4. The summed E-state index contributed by atoms with van der Waals surface area (Å²) in [7, 11) is 0. The Hall–Kier alpha value is -1.38. The molecule has 0 aliphatic carbocycles. The van der Waals surface area contributed by atoms with Gasteiger partial charge in [0.2, 0.25) is 0 Å². The van der Waals surface area contributed by atoms with Crippen molar-refractivity contribution in [1.82, 2.24) is 0 Å². The molecule has 0 aromatic heterocycles. The molecule has 0 saturated carbocycles. The zero-order valence-corrected chi connectivity index (χ0v) is 11.0. The fourth-order valence-corrected chi connectivity index (χ4v) is 2.27. The highest BCUT2D eigenvalue weighted by Crippen LogP contribution is 2.28. The van der Waals surface area contributed by atoms with E-state index in [1.54, 1.807) is 6.92 Å². The quantitative estimate of drug-likeness (QED) is 0.867. The van der Waals surface area contributed by atoms with E-state index in [0.717, 1.165) is 10.9 Å². The Balaban J connectivity index is 2.37. The molecule has 2 heteroatoms. The van der Waals surface area contributed by atoms with Crippen molar-refractivity contribution in [3.8, 4) is 0 Å². The van der Waals surface area contributed by atoms with Crippen LogP contribution in [0.1, 0.15) is 30.9 Å². The van der Waals surface area contributed by atoms with Gasteiger partial charge in [0.15, 0.2) is 0 Å². The zero-order valence-electron chi connectivity index (χ0n) is 11.0. The van der Waals surface area contributed by atoms with E-state index in [9.17, 15) is 5.11 Å². The van der Waals surface area contributed by atoms with Gasteiger partial charge in [0, 0.05) is 6.61 Å². The van der Waals surface area contributed by atoms with E-state index in [4.69, 9.17) is 5.11 Å². The first-order valence-electron chi connectivity index (χ1n) is 6.37. The third-order valence-electron chi connectivity index (χ3n) is 3.44. The highest BCUT2D eigenvalue weighted by Gasteiger charge is 2.22. The summed E-state index contributed by atoms with van der Waals surface area (Å²) in [6.45, 7) is 3.99. The van der Waals surface area contributed by atoms with E-state index in [-0.39, 0.29) is 6.61 Å². The smallest absolute Gasteiger partial charge is 0.0869 e. The molecule has 0 saturated heterocycles. The summed E-state index contributed by atoms with van der Waals surface area (Å²) in [6, 6.07) is 12.3. The second-order valence-electron chi connectivity index (χ2n) is 5.17. The molecule has 2 rings (SSSR count). The molecule has 2 nitrogen and oxygen atoms in total. The van der Waals surface area contributed by atoms with Crippen molar-refractivity contribution in [3.63, 3.8) is 0 Å². The molecule has 0 fully saturated rings. The first-order chi connectivity index (χ1) is 8.53. The van der Waals surface area contributed by atoms with Crippen molar-refractivity contribution in [2.75, 3.05) is 6.61 Å². The highest BCUT2D eigenvalue weighted by atomic mass is 16.3. The van der Waals surface area contributed by atoms with E-state index < -0.39 is 5.60 Å². The van der Waals surface area contributed by atoms with Crippen molar-refractivity contribution in [1.29, 1.82) is 0 Å². The molecule has 96 valence electrons. The van der Waals surface area contributed by atoms with E-state index in [1.807, 2.05) is 18.2 Å². The monoisotopic (exact) mass is 244 g/mol. The lowest BCUT2D eigenvalue weighted by Gasteiger charge is -2.24. The molecule has 2 aromatic rings. The first kappa shape index (κ1) is 13.1. The molecule has 2 aromatic carbocycles. The van der Waals surface area contributed by atoms with Crippen molar-refractivity contribution >= 4 is 10.8 Å². The van der Waals surface area contributed by atoms with E-state index >= 15 is 0 Å². The Labute approximate surface area is 108 Å². The van der Waals surface area contributed by atoms with Gasteiger partial charge in [-0.3, -0.25) is 0 Å². The molecule has 18 heavy (non-hydrogen) atoms. The molecule has 0 bridgehead atoms. The van der Waals surface area contributed by atoms with Crippen LogP contribution in [-0.2, 0) is 5.60 Å². The highest BCUT2D eigenvalue weighted by molar-refractivity contribution is 5.84. The van der Waals surface area contributed by atoms with Gasteiger partial charge < -0.3 is 10.2 Å². The second-order valence-corrected chi connectivity index (χ2v) is 5.17. The number of hydrogen-bond acceptors (Lipinski definition) is 2. The number of fused-ring (bicyclic) bond motifs is 1. The molecule has 0 heterocycles. The topological polar surface area (TPSA) is 40.5 Å². The minimum absolute atomic E-state index is 0.114. The predicted octanol–water partition coefficient (Wildman–Crippen LogP) is 3.13. The molecule has 0 spiro atoms. The lowest BCUT2D eigenvalue weighted by Crippen LogP contribution is -2.21. The summed E-state index contributed by atoms with van der Waals surface area (Å²) >= 11 is 0. The zero-order chi connectivity index (χ0) is 13.2. The summed E-state index contributed by atoms with van der Waals surface area (Å²) in [5, 5.41) is 21.6. The van der Waals surface area contributed by atoms with Crippen LogP contribution in [0.2, 0.25) is 0 Å². The third kappa shape index (κ3) is 2.71. The number of aliphatic hydroxyl groups excluding tert-OH is 1. The first-order valence-corrected chi connectivity index (χ1v) is 6.37. The largest absolute Gasteiger partial charge is 0.396 e. The summed E-state index contributed by atoms with van der Waals surface area (Å²) in [6.07, 6.45) is 1.18. The SMILES string of the molecule is Cc1ccc2cc(C(C)(O)CCCO)ccc2c1. The molecule has 1 unspecified atom stereocenters. The Morgan fingerprint density at radius 3 is 2.44 bits per heavy atom. The maximum atomic E-state index is 10.4. The van der Waals surface area contributed by atoms with E-state index in [0.29, 0.717) is 12.8 Å². The predicted molar refractivity (Wildman–Crippen MR) is 74.6 cm³/mol. The molecule has 0 aliphatic rings. The van der Waals surface area contributed by atoms with Crippen molar-refractivity contribution in [2.24, 2.45) is 0 Å². The van der Waals surface area contributed by atoms with Gasteiger partial charge in [-0.1, -0.05) is 35.9 Å². The second kappa shape index (κ2) is 5.09. The van der Waals surface area contributed by atoms with Gasteiger partial charge in [0.25, 0.3) is 0 Å². The Kier molecular flexibility index (Phi) is 3.69. The number of aliphatic hydroxyl groups is 2. The molecule has 2 N–H and O–H groups in total. The van der Waals surface area contributed by atoms with Gasteiger partial charge in [-0.05, 0) is 49.1 Å². The molecular formula is C16H20O2. The van der Waals surface area contributed by atoms with Gasteiger partial charge >= 0.3 is 0 Å². The fraction of sp³-hybridized carbons (Fsp3) is 0.375. The minimum Gasteiger partial charge on any atom is -0.396 e. The fourth-order valence-electron chi connectivity index (χ4n) is 2.27. The van der Waals surface area contributed by atoms with Crippen LogP contribution in [0.4, 0.5) is 0 Å². The third-order valence-corrected chi connectivity index (χ3v) is 3.44. The number of hydrogen-bond donors (Lipinski definition) is 2. The van der Waals surface area contributed by atoms with Gasteiger partial charge in [-0.25, -0.2) is 0 Å².